The lowest BCUT2D eigenvalue weighted by atomic mass is 10.1. The predicted octanol–water partition coefficient (Wildman–Crippen LogP) is 2.14. The fourth-order valence-corrected chi connectivity index (χ4v) is 0.769. The molecule has 0 radical (unpaired) electrons. The van der Waals surface area contributed by atoms with Crippen molar-refractivity contribution in [2.24, 2.45) is 0 Å². The molecule has 1 amide bonds. The highest BCUT2D eigenvalue weighted by Crippen LogP contribution is 2.01. The zero-order valence-corrected chi connectivity index (χ0v) is 8.16. The second-order valence-electron chi connectivity index (χ2n) is 2.31. The number of hydrogen-bond acceptors (Lipinski definition) is 2. The average molecular weight is 181 g/mol. The maximum absolute atomic E-state index is 10.8. The van der Waals surface area contributed by atoms with Gasteiger partial charge >= 0.3 is 0 Å². The first-order valence-corrected chi connectivity index (χ1v) is 4.25. The van der Waals surface area contributed by atoms with Crippen LogP contribution >= 0.6 is 0 Å². The predicted molar refractivity (Wildman–Crippen MR) is 51.8 cm³/mol. The van der Waals surface area contributed by atoms with Gasteiger partial charge in [0.15, 0.2) is 0 Å². The first-order valence-electron chi connectivity index (χ1n) is 4.25. The molecule has 1 aromatic rings. The first-order chi connectivity index (χ1) is 6.24. The van der Waals surface area contributed by atoms with Gasteiger partial charge in [-0.2, -0.15) is 0 Å². The Morgan fingerprint density at radius 2 is 1.69 bits per heavy atom. The molecule has 1 aromatic carbocycles. The molecule has 0 aromatic heterocycles. The zero-order chi connectivity index (χ0) is 10.3. The van der Waals surface area contributed by atoms with Crippen molar-refractivity contribution in [3.63, 3.8) is 0 Å². The summed E-state index contributed by atoms with van der Waals surface area (Å²) in [6, 6.07) is 6.93. The van der Waals surface area contributed by atoms with Gasteiger partial charge in [0.25, 0.3) is 5.91 Å². The molecule has 1 rings (SSSR count). The van der Waals surface area contributed by atoms with E-state index in [1.165, 1.54) is 0 Å². The third-order valence-electron chi connectivity index (χ3n) is 1.42. The fourth-order valence-electron chi connectivity index (χ4n) is 0.769. The molecule has 0 atom stereocenters. The van der Waals surface area contributed by atoms with Gasteiger partial charge in [-0.25, -0.2) is 5.48 Å². The summed E-state index contributed by atoms with van der Waals surface area (Å²) in [7, 11) is 0. The summed E-state index contributed by atoms with van der Waals surface area (Å²) in [6.45, 7) is 5.93. The van der Waals surface area contributed by atoms with Crippen LogP contribution in [0.4, 0.5) is 0 Å². The Labute approximate surface area is 78.4 Å². The van der Waals surface area contributed by atoms with Gasteiger partial charge < -0.3 is 0 Å². The Morgan fingerprint density at radius 3 is 2.08 bits per heavy atom. The molecule has 3 heteroatoms. The maximum Gasteiger partial charge on any atom is 0.274 e. The molecular formula is C10H15NO2. The second kappa shape index (κ2) is 6.20. The van der Waals surface area contributed by atoms with E-state index in [0.717, 1.165) is 5.56 Å². The van der Waals surface area contributed by atoms with E-state index in [9.17, 15) is 4.79 Å². The summed E-state index contributed by atoms with van der Waals surface area (Å²) in [5, 5.41) is 8.26. The minimum absolute atomic E-state index is 0.457. The molecule has 0 aliphatic heterocycles. The summed E-state index contributed by atoms with van der Waals surface area (Å²) in [5.41, 5.74) is 3.10. The molecule has 0 bridgehead atoms. The van der Waals surface area contributed by atoms with E-state index in [-0.39, 0.29) is 0 Å². The molecule has 2 N–H and O–H groups in total. The SMILES string of the molecule is CC.Cc1ccc(C(=O)NO)cc1. The number of hydrogen-bond donors (Lipinski definition) is 2. The molecule has 13 heavy (non-hydrogen) atoms. The number of amides is 1. The number of carbonyl (C=O) groups is 1. The third-order valence-corrected chi connectivity index (χ3v) is 1.42. The molecule has 3 nitrogen and oxygen atoms in total. The minimum Gasteiger partial charge on any atom is -0.288 e. The Bertz CT molecular complexity index is 254. The van der Waals surface area contributed by atoms with Crippen LogP contribution in [0, 0.1) is 6.92 Å². The lowest BCUT2D eigenvalue weighted by molar-refractivity contribution is 0.0706. The van der Waals surface area contributed by atoms with Crippen molar-refractivity contribution in [2.45, 2.75) is 20.8 Å². The molecule has 0 heterocycles. The number of benzene rings is 1. The minimum atomic E-state index is -0.481. The summed E-state index contributed by atoms with van der Waals surface area (Å²) in [5.74, 6) is -0.481. The summed E-state index contributed by atoms with van der Waals surface area (Å²) < 4.78 is 0. The molecule has 72 valence electrons. The van der Waals surface area contributed by atoms with Crippen molar-refractivity contribution in [3.05, 3.63) is 35.4 Å². The Hall–Kier alpha value is -1.35. The number of aryl methyl sites for hydroxylation is 1. The topological polar surface area (TPSA) is 49.3 Å². The molecule has 0 fully saturated rings. The molecule has 0 saturated heterocycles. The normalized spacial score (nSPS) is 8.31. The molecule has 0 unspecified atom stereocenters. The summed E-state index contributed by atoms with van der Waals surface area (Å²) >= 11 is 0. The van der Waals surface area contributed by atoms with Crippen LogP contribution in [0.2, 0.25) is 0 Å². The van der Waals surface area contributed by atoms with Gasteiger partial charge in [0.05, 0.1) is 0 Å². The number of hydroxylamine groups is 1. The highest BCUT2D eigenvalue weighted by Gasteiger charge is 2.00. The van der Waals surface area contributed by atoms with Crippen LogP contribution in [0.3, 0.4) is 0 Å². The average Bonchev–Trinajstić information content (AvgIpc) is 2.21. The molecule has 0 aliphatic rings. The molecular weight excluding hydrogens is 166 g/mol. The lowest BCUT2D eigenvalue weighted by Gasteiger charge is -1.97. The quantitative estimate of drug-likeness (QED) is 0.515. The van der Waals surface area contributed by atoms with Crippen LogP contribution in [0.25, 0.3) is 0 Å². The number of carbonyl (C=O) groups excluding carboxylic acids is 1. The van der Waals surface area contributed by atoms with E-state index in [2.05, 4.69) is 0 Å². The van der Waals surface area contributed by atoms with Gasteiger partial charge in [-0.15, -0.1) is 0 Å². The van der Waals surface area contributed by atoms with E-state index in [1.54, 1.807) is 17.6 Å². The van der Waals surface area contributed by atoms with Gasteiger partial charge in [-0.3, -0.25) is 10.0 Å². The van der Waals surface area contributed by atoms with Crippen molar-refractivity contribution in [1.82, 2.24) is 5.48 Å². The smallest absolute Gasteiger partial charge is 0.274 e. The van der Waals surface area contributed by atoms with Crippen LogP contribution in [0.15, 0.2) is 24.3 Å². The zero-order valence-electron chi connectivity index (χ0n) is 8.16. The molecule has 0 aliphatic carbocycles. The Kier molecular flexibility index (Phi) is 5.55. The highest BCUT2D eigenvalue weighted by atomic mass is 16.5. The number of rotatable bonds is 1. The Balaban J connectivity index is 0.000000671. The largest absolute Gasteiger partial charge is 0.288 e. The second-order valence-corrected chi connectivity index (χ2v) is 2.31. The van der Waals surface area contributed by atoms with Gasteiger partial charge in [0, 0.05) is 5.56 Å². The van der Waals surface area contributed by atoms with Crippen molar-refractivity contribution in [1.29, 1.82) is 0 Å². The van der Waals surface area contributed by atoms with Crippen LogP contribution in [-0.2, 0) is 0 Å². The van der Waals surface area contributed by atoms with Gasteiger partial charge in [0.2, 0.25) is 0 Å². The van der Waals surface area contributed by atoms with E-state index in [0.29, 0.717) is 5.56 Å². The van der Waals surface area contributed by atoms with E-state index in [4.69, 9.17) is 5.21 Å². The van der Waals surface area contributed by atoms with Crippen molar-refractivity contribution >= 4 is 5.91 Å². The van der Waals surface area contributed by atoms with Gasteiger partial charge in [-0.05, 0) is 19.1 Å². The van der Waals surface area contributed by atoms with Crippen LogP contribution in [0.5, 0.6) is 0 Å². The number of nitrogens with one attached hydrogen (secondary N) is 1. The molecule has 0 spiro atoms. The monoisotopic (exact) mass is 181 g/mol. The maximum atomic E-state index is 10.8. The third kappa shape index (κ3) is 3.71. The Morgan fingerprint density at radius 1 is 1.23 bits per heavy atom. The summed E-state index contributed by atoms with van der Waals surface area (Å²) in [4.78, 5) is 10.8. The van der Waals surface area contributed by atoms with Gasteiger partial charge in [0.1, 0.15) is 0 Å². The van der Waals surface area contributed by atoms with Crippen molar-refractivity contribution < 1.29 is 10.0 Å². The van der Waals surface area contributed by atoms with Gasteiger partial charge in [-0.1, -0.05) is 31.5 Å². The van der Waals surface area contributed by atoms with Crippen LogP contribution < -0.4 is 5.48 Å². The lowest BCUT2D eigenvalue weighted by Crippen LogP contribution is -2.18. The summed E-state index contributed by atoms with van der Waals surface area (Å²) in [6.07, 6.45) is 0. The standard InChI is InChI=1S/C8H9NO2.C2H6/c1-6-2-4-7(5-3-6)8(10)9-11;1-2/h2-5,11H,1H3,(H,9,10);1-2H3. The fraction of sp³-hybridized carbons (Fsp3) is 0.300. The van der Waals surface area contributed by atoms with E-state index >= 15 is 0 Å². The van der Waals surface area contributed by atoms with Crippen LogP contribution in [0.1, 0.15) is 29.8 Å². The van der Waals surface area contributed by atoms with Crippen molar-refractivity contribution in [3.8, 4) is 0 Å². The first kappa shape index (κ1) is 11.6. The molecule has 0 saturated carbocycles. The highest BCUT2D eigenvalue weighted by molar-refractivity contribution is 5.93. The van der Waals surface area contributed by atoms with E-state index < -0.39 is 5.91 Å². The van der Waals surface area contributed by atoms with E-state index in [1.807, 2.05) is 32.9 Å². The van der Waals surface area contributed by atoms with Crippen LogP contribution in [-0.4, -0.2) is 11.1 Å². The van der Waals surface area contributed by atoms with Crippen molar-refractivity contribution in [2.75, 3.05) is 0 Å².